The van der Waals surface area contributed by atoms with E-state index in [0.29, 0.717) is 5.92 Å². The van der Waals surface area contributed by atoms with Gasteiger partial charge in [-0.1, -0.05) is 58.4 Å². The third-order valence-electron chi connectivity index (χ3n) is 4.63. The van der Waals surface area contributed by atoms with Gasteiger partial charge in [-0.15, -0.1) is 0 Å². The summed E-state index contributed by atoms with van der Waals surface area (Å²) < 4.78 is 0.981. The van der Waals surface area contributed by atoms with Crippen LogP contribution in [0.4, 0.5) is 0 Å². The van der Waals surface area contributed by atoms with Gasteiger partial charge in [0, 0.05) is 23.5 Å². The first-order chi connectivity index (χ1) is 11.0. The molecule has 0 radical (unpaired) electrons. The summed E-state index contributed by atoms with van der Waals surface area (Å²) in [5, 5.41) is 0. The van der Waals surface area contributed by atoms with E-state index in [9.17, 15) is 4.79 Å². The van der Waals surface area contributed by atoms with Gasteiger partial charge in [0.1, 0.15) is 5.54 Å². The molecular formula is C19H21BrN2O. The highest BCUT2D eigenvalue weighted by atomic mass is 79.9. The van der Waals surface area contributed by atoms with Crippen LogP contribution in [0.15, 0.2) is 59.1 Å². The van der Waals surface area contributed by atoms with Crippen molar-refractivity contribution < 1.29 is 4.79 Å². The minimum absolute atomic E-state index is 0.00162. The van der Waals surface area contributed by atoms with Crippen molar-refractivity contribution in [2.45, 2.75) is 24.8 Å². The van der Waals surface area contributed by atoms with E-state index in [2.05, 4.69) is 40.2 Å². The molecule has 2 unspecified atom stereocenters. The molecule has 4 heteroatoms. The Hall–Kier alpha value is -1.65. The number of likely N-dealkylation sites (tertiary alicyclic amines) is 1. The van der Waals surface area contributed by atoms with Crippen molar-refractivity contribution >= 4 is 21.8 Å². The summed E-state index contributed by atoms with van der Waals surface area (Å²) in [6.07, 6.45) is 0.992. The molecule has 1 aliphatic heterocycles. The Morgan fingerprint density at radius 3 is 2.48 bits per heavy atom. The smallest absolute Gasteiger partial charge is 0.246 e. The fourth-order valence-electron chi connectivity index (χ4n) is 3.19. The average molecular weight is 373 g/mol. The molecule has 0 saturated carbocycles. The van der Waals surface area contributed by atoms with Crippen LogP contribution in [0.3, 0.4) is 0 Å². The van der Waals surface area contributed by atoms with Crippen molar-refractivity contribution in [1.82, 2.24) is 4.90 Å². The molecule has 0 aliphatic carbocycles. The van der Waals surface area contributed by atoms with Gasteiger partial charge in [0.05, 0.1) is 0 Å². The summed E-state index contributed by atoms with van der Waals surface area (Å²) in [6.45, 7) is 3.31. The van der Waals surface area contributed by atoms with Gasteiger partial charge in [-0.05, 0) is 36.6 Å². The molecular weight excluding hydrogens is 352 g/mol. The molecule has 2 N–H and O–H groups in total. The van der Waals surface area contributed by atoms with Crippen LogP contribution in [0.25, 0.3) is 0 Å². The number of carbonyl (C=O) groups excluding carboxylic acids is 1. The normalized spacial score (nSPS) is 20.3. The number of hydrogen-bond acceptors (Lipinski definition) is 2. The highest BCUT2D eigenvalue weighted by Gasteiger charge is 2.37. The lowest BCUT2D eigenvalue weighted by atomic mass is 9.91. The molecule has 1 saturated heterocycles. The minimum Gasteiger partial charge on any atom is -0.340 e. The number of rotatable bonds is 3. The van der Waals surface area contributed by atoms with Crippen molar-refractivity contribution in [2.24, 2.45) is 5.73 Å². The molecule has 1 aliphatic rings. The molecule has 2 aromatic carbocycles. The van der Waals surface area contributed by atoms with E-state index in [4.69, 9.17) is 5.73 Å². The number of benzene rings is 2. The fourth-order valence-corrected chi connectivity index (χ4v) is 3.45. The largest absolute Gasteiger partial charge is 0.340 e. The Balaban J connectivity index is 1.74. The first-order valence-electron chi connectivity index (χ1n) is 7.88. The second-order valence-electron chi connectivity index (χ2n) is 6.36. The number of hydrogen-bond donors (Lipinski definition) is 1. The summed E-state index contributed by atoms with van der Waals surface area (Å²) in [7, 11) is 0. The van der Waals surface area contributed by atoms with Gasteiger partial charge in [-0.25, -0.2) is 0 Å². The quantitative estimate of drug-likeness (QED) is 0.893. The number of amides is 1. The molecule has 3 rings (SSSR count). The van der Waals surface area contributed by atoms with Crippen molar-refractivity contribution in [3.05, 3.63) is 70.2 Å². The van der Waals surface area contributed by atoms with Crippen LogP contribution >= 0.6 is 15.9 Å². The Kier molecular flexibility index (Phi) is 4.55. The summed E-state index contributed by atoms with van der Waals surface area (Å²) in [5.41, 5.74) is 7.53. The van der Waals surface area contributed by atoms with Crippen LogP contribution in [0.2, 0.25) is 0 Å². The minimum atomic E-state index is -0.994. The first-order valence-corrected chi connectivity index (χ1v) is 8.67. The third-order valence-corrected chi connectivity index (χ3v) is 5.16. The zero-order valence-electron chi connectivity index (χ0n) is 13.2. The van der Waals surface area contributed by atoms with E-state index in [1.807, 2.05) is 35.2 Å². The van der Waals surface area contributed by atoms with Gasteiger partial charge in [0.15, 0.2) is 0 Å². The fraction of sp³-hybridized carbons (Fsp3) is 0.316. The second-order valence-corrected chi connectivity index (χ2v) is 7.27. The van der Waals surface area contributed by atoms with Gasteiger partial charge in [0.25, 0.3) is 0 Å². The summed E-state index contributed by atoms with van der Waals surface area (Å²) >= 11 is 3.41. The molecule has 2 atom stereocenters. The molecule has 120 valence electrons. The van der Waals surface area contributed by atoms with Crippen LogP contribution in [-0.2, 0) is 10.3 Å². The standard InChI is InChI=1S/C19H21BrN2O/c1-19(21,16-7-9-17(20)10-8-16)18(23)22-12-11-15(13-22)14-5-3-2-4-6-14/h2-10,15H,11-13,21H2,1H3. The molecule has 3 nitrogen and oxygen atoms in total. The topological polar surface area (TPSA) is 46.3 Å². The maximum Gasteiger partial charge on any atom is 0.246 e. The number of carbonyl (C=O) groups is 1. The van der Waals surface area contributed by atoms with E-state index >= 15 is 0 Å². The van der Waals surface area contributed by atoms with Crippen molar-refractivity contribution in [2.75, 3.05) is 13.1 Å². The van der Waals surface area contributed by atoms with Crippen LogP contribution in [0.5, 0.6) is 0 Å². The molecule has 1 fully saturated rings. The summed E-state index contributed by atoms with van der Waals surface area (Å²) in [4.78, 5) is 14.8. The summed E-state index contributed by atoms with van der Waals surface area (Å²) in [5.74, 6) is 0.402. The van der Waals surface area contributed by atoms with E-state index in [-0.39, 0.29) is 5.91 Å². The van der Waals surface area contributed by atoms with Crippen molar-refractivity contribution in [3.8, 4) is 0 Å². The maximum atomic E-state index is 12.9. The Morgan fingerprint density at radius 2 is 1.83 bits per heavy atom. The van der Waals surface area contributed by atoms with Crippen LogP contribution in [0, 0.1) is 0 Å². The highest BCUT2D eigenvalue weighted by molar-refractivity contribution is 9.10. The predicted octanol–water partition coefficient (Wildman–Crippen LogP) is 3.64. The highest BCUT2D eigenvalue weighted by Crippen LogP contribution is 2.30. The number of halogens is 1. The van der Waals surface area contributed by atoms with Crippen LogP contribution in [-0.4, -0.2) is 23.9 Å². The average Bonchev–Trinajstić information content (AvgIpc) is 3.05. The lowest BCUT2D eigenvalue weighted by Gasteiger charge is -2.29. The monoisotopic (exact) mass is 372 g/mol. The Bertz CT molecular complexity index is 682. The van der Waals surface area contributed by atoms with Gasteiger partial charge in [-0.2, -0.15) is 0 Å². The second kappa shape index (κ2) is 6.46. The van der Waals surface area contributed by atoms with Gasteiger partial charge >= 0.3 is 0 Å². The third kappa shape index (κ3) is 3.33. The van der Waals surface area contributed by atoms with E-state index in [0.717, 1.165) is 29.5 Å². The van der Waals surface area contributed by atoms with Gasteiger partial charge in [0.2, 0.25) is 5.91 Å². The number of nitrogens with two attached hydrogens (primary N) is 1. The zero-order valence-corrected chi connectivity index (χ0v) is 14.8. The molecule has 0 spiro atoms. The van der Waals surface area contributed by atoms with Crippen LogP contribution in [0.1, 0.15) is 30.4 Å². The van der Waals surface area contributed by atoms with E-state index < -0.39 is 5.54 Å². The summed E-state index contributed by atoms with van der Waals surface area (Å²) in [6, 6.07) is 18.0. The predicted molar refractivity (Wildman–Crippen MR) is 96.1 cm³/mol. The lowest BCUT2D eigenvalue weighted by Crippen LogP contribution is -2.50. The molecule has 2 aromatic rings. The molecule has 1 heterocycles. The molecule has 0 bridgehead atoms. The lowest BCUT2D eigenvalue weighted by molar-refractivity contribution is -0.135. The van der Waals surface area contributed by atoms with E-state index in [1.165, 1.54) is 5.56 Å². The zero-order chi connectivity index (χ0) is 16.4. The van der Waals surface area contributed by atoms with Crippen LogP contribution < -0.4 is 5.73 Å². The Morgan fingerprint density at radius 1 is 1.17 bits per heavy atom. The Labute approximate surface area is 145 Å². The molecule has 1 amide bonds. The van der Waals surface area contributed by atoms with Gasteiger partial charge in [-0.3, -0.25) is 4.79 Å². The SMILES string of the molecule is CC(N)(C(=O)N1CCC(c2ccccc2)C1)c1ccc(Br)cc1. The first kappa shape index (κ1) is 16.2. The molecule has 23 heavy (non-hydrogen) atoms. The van der Waals surface area contributed by atoms with Gasteiger partial charge < -0.3 is 10.6 Å². The molecule has 0 aromatic heterocycles. The number of nitrogens with zero attached hydrogens (tertiary/aromatic N) is 1. The van der Waals surface area contributed by atoms with Crippen molar-refractivity contribution in [1.29, 1.82) is 0 Å². The maximum absolute atomic E-state index is 12.9. The van der Waals surface area contributed by atoms with Crippen molar-refractivity contribution in [3.63, 3.8) is 0 Å². The van der Waals surface area contributed by atoms with E-state index in [1.54, 1.807) is 6.92 Å².